The molecule has 8 nitrogen and oxygen atoms in total. The number of hydrogen-bond acceptors (Lipinski definition) is 6. The lowest BCUT2D eigenvalue weighted by molar-refractivity contribution is 0.0229. The summed E-state index contributed by atoms with van der Waals surface area (Å²) in [4.78, 5) is 18.1. The number of hydrogen-bond donors (Lipinski definition) is 2. The SMILES string of the molecule is C[C@@H](CN(CCCO)C(=O)OC(C)(C)C)NS(=O)(=O)c1cccc2cncc(Br)c12. The van der Waals surface area contributed by atoms with Crippen LogP contribution in [-0.4, -0.2) is 60.8 Å². The Hall–Kier alpha value is -1.75. The van der Waals surface area contributed by atoms with Crippen molar-refractivity contribution < 1.29 is 23.1 Å². The zero-order valence-corrected chi connectivity index (χ0v) is 20.0. The van der Waals surface area contributed by atoms with Crippen LogP contribution >= 0.6 is 15.9 Å². The molecule has 0 fully saturated rings. The molecule has 2 N–H and O–H groups in total. The summed E-state index contributed by atoms with van der Waals surface area (Å²) < 4.78 is 34.8. The van der Waals surface area contributed by atoms with Crippen LogP contribution in [0.2, 0.25) is 0 Å². The Morgan fingerprint density at radius 2 is 2.03 bits per heavy atom. The van der Waals surface area contributed by atoms with Crippen LogP contribution in [0.3, 0.4) is 0 Å². The second-order valence-electron chi connectivity index (χ2n) is 8.00. The highest BCUT2D eigenvalue weighted by Gasteiger charge is 2.26. The summed E-state index contributed by atoms with van der Waals surface area (Å²) in [6.07, 6.45) is 2.95. The van der Waals surface area contributed by atoms with Gasteiger partial charge < -0.3 is 14.7 Å². The standard InChI is InChI=1S/C20H28BrN3O5S/c1-14(13-24(9-6-10-25)19(26)29-20(2,3)4)23-30(27,28)17-8-5-7-15-11-22-12-16(21)18(15)17/h5,7-8,11-12,14,23,25H,6,9-10,13H2,1-4H3/t14-/m0/s1. The number of amides is 1. The van der Waals surface area contributed by atoms with Gasteiger partial charge in [-0.3, -0.25) is 4.98 Å². The minimum Gasteiger partial charge on any atom is -0.444 e. The van der Waals surface area contributed by atoms with E-state index in [1.54, 1.807) is 52.2 Å². The summed E-state index contributed by atoms with van der Waals surface area (Å²) in [5, 5.41) is 10.4. The minimum atomic E-state index is -3.87. The fourth-order valence-corrected chi connectivity index (χ4v) is 5.10. The first-order valence-electron chi connectivity index (χ1n) is 9.58. The van der Waals surface area contributed by atoms with E-state index in [9.17, 15) is 13.2 Å². The first-order chi connectivity index (χ1) is 13.9. The fraction of sp³-hybridized carbons (Fsp3) is 0.500. The molecule has 0 saturated heterocycles. The van der Waals surface area contributed by atoms with Crippen molar-refractivity contribution in [1.29, 1.82) is 0 Å². The molecule has 2 rings (SSSR count). The molecule has 1 atom stereocenters. The number of sulfonamides is 1. The van der Waals surface area contributed by atoms with Gasteiger partial charge in [-0.15, -0.1) is 0 Å². The van der Waals surface area contributed by atoms with Gasteiger partial charge in [-0.1, -0.05) is 12.1 Å². The number of rotatable bonds is 8. The molecule has 1 aromatic carbocycles. The molecule has 30 heavy (non-hydrogen) atoms. The maximum Gasteiger partial charge on any atom is 0.410 e. The van der Waals surface area contributed by atoms with Crippen LogP contribution in [-0.2, 0) is 14.8 Å². The number of ether oxygens (including phenoxy) is 1. The van der Waals surface area contributed by atoms with Crippen LogP contribution in [0, 0.1) is 0 Å². The molecule has 1 heterocycles. The van der Waals surface area contributed by atoms with E-state index in [0.717, 1.165) is 0 Å². The molecule has 0 saturated carbocycles. The Kier molecular flexibility index (Phi) is 8.20. The third-order valence-electron chi connectivity index (χ3n) is 4.08. The number of nitrogens with one attached hydrogen (secondary N) is 1. The summed E-state index contributed by atoms with van der Waals surface area (Å²) in [6.45, 7) is 7.22. The quantitative estimate of drug-likeness (QED) is 0.574. The monoisotopic (exact) mass is 501 g/mol. The molecule has 1 amide bonds. The second-order valence-corrected chi connectivity index (χ2v) is 10.5. The van der Waals surface area contributed by atoms with E-state index in [2.05, 4.69) is 25.6 Å². The first kappa shape index (κ1) is 24.5. The van der Waals surface area contributed by atoms with E-state index in [1.807, 2.05) is 0 Å². The molecule has 0 radical (unpaired) electrons. The predicted octanol–water partition coefficient (Wildman–Crippen LogP) is 3.28. The Bertz CT molecular complexity index is 986. The molecule has 0 unspecified atom stereocenters. The zero-order valence-electron chi connectivity index (χ0n) is 17.6. The number of aliphatic hydroxyl groups is 1. The number of carbonyl (C=O) groups is 1. The number of fused-ring (bicyclic) bond motifs is 1. The normalized spacial score (nSPS) is 13.3. The minimum absolute atomic E-state index is 0.0858. The van der Waals surface area contributed by atoms with E-state index in [4.69, 9.17) is 9.84 Å². The van der Waals surface area contributed by atoms with Gasteiger partial charge in [-0.25, -0.2) is 17.9 Å². The molecular formula is C20H28BrN3O5S. The third-order valence-corrected chi connectivity index (χ3v) is 6.31. The smallest absolute Gasteiger partial charge is 0.410 e. The van der Waals surface area contributed by atoms with Crippen molar-refractivity contribution in [2.24, 2.45) is 0 Å². The molecule has 0 bridgehead atoms. The predicted molar refractivity (Wildman–Crippen MR) is 119 cm³/mol. The first-order valence-corrected chi connectivity index (χ1v) is 11.9. The summed E-state index contributed by atoms with van der Waals surface area (Å²) in [5.41, 5.74) is -0.680. The molecule has 0 spiro atoms. The van der Waals surface area contributed by atoms with Gasteiger partial charge in [0.25, 0.3) is 0 Å². The van der Waals surface area contributed by atoms with E-state index in [-0.39, 0.29) is 24.6 Å². The lowest BCUT2D eigenvalue weighted by Gasteiger charge is -2.29. The van der Waals surface area contributed by atoms with Crippen LogP contribution < -0.4 is 4.72 Å². The van der Waals surface area contributed by atoms with Gasteiger partial charge in [0.2, 0.25) is 10.0 Å². The molecule has 1 aromatic heterocycles. The average Bonchev–Trinajstić information content (AvgIpc) is 2.63. The summed E-state index contributed by atoms with van der Waals surface area (Å²) in [6, 6.07) is 4.38. The summed E-state index contributed by atoms with van der Waals surface area (Å²) >= 11 is 3.37. The van der Waals surface area contributed by atoms with Crippen LogP contribution in [0.5, 0.6) is 0 Å². The van der Waals surface area contributed by atoms with Crippen molar-refractivity contribution in [3.63, 3.8) is 0 Å². The molecule has 10 heteroatoms. The van der Waals surface area contributed by atoms with Gasteiger partial charge in [-0.2, -0.15) is 0 Å². The van der Waals surface area contributed by atoms with Crippen molar-refractivity contribution in [2.75, 3.05) is 19.7 Å². The van der Waals surface area contributed by atoms with Crippen LogP contribution in [0.25, 0.3) is 10.8 Å². The number of aliphatic hydroxyl groups excluding tert-OH is 1. The van der Waals surface area contributed by atoms with E-state index >= 15 is 0 Å². The van der Waals surface area contributed by atoms with E-state index in [1.165, 1.54) is 11.0 Å². The molecule has 0 aliphatic heterocycles. The number of aromatic nitrogens is 1. The molecule has 166 valence electrons. The van der Waals surface area contributed by atoms with Crippen molar-refractivity contribution in [3.8, 4) is 0 Å². The van der Waals surface area contributed by atoms with Crippen molar-refractivity contribution in [1.82, 2.24) is 14.6 Å². The Morgan fingerprint density at radius 3 is 2.67 bits per heavy atom. The fourth-order valence-electron chi connectivity index (χ4n) is 2.92. The largest absolute Gasteiger partial charge is 0.444 e. The van der Waals surface area contributed by atoms with Crippen molar-refractivity contribution >= 4 is 42.8 Å². The topological polar surface area (TPSA) is 109 Å². The van der Waals surface area contributed by atoms with Gasteiger partial charge in [0.05, 0.1) is 4.90 Å². The van der Waals surface area contributed by atoms with Crippen molar-refractivity contribution in [3.05, 3.63) is 35.1 Å². The highest BCUT2D eigenvalue weighted by Crippen LogP contribution is 2.29. The summed E-state index contributed by atoms with van der Waals surface area (Å²) in [5.74, 6) is 0. The molecular weight excluding hydrogens is 474 g/mol. The van der Waals surface area contributed by atoms with Gasteiger partial charge in [-0.05, 0) is 56.1 Å². The molecule has 0 aliphatic carbocycles. The van der Waals surface area contributed by atoms with Crippen molar-refractivity contribution in [2.45, 2.75) is 50.7 Å². The average molecular weight is 502 g/mol. The Balaban J connectivity index is 2.22. The van der Waals surface area contributed by atoms with Crippen LogP contribution in [0.15, 0.2) is 40.0 Å². The second kappa shape index (κ2) is 10.0. The van der Waals surface area contributed by atoms with Crippen LogP contribution in [0.4, 0.5) is 4.79 Å². The number of halogens is 1. The Morgan fingerprint density at radius 1 is 1.33 bits per heavy atom. The number of carbonyl (C=O) groups excluding carboxylic acids is 1. The Labute approximate surface area is 185 Å². The maximum atomic E-state index is 13.1. The van der Waals surface area contributed by atoms with E-state index in [0.29, 0.717) is 21.7 Å². The number of nitrogens with zero attached hydrogens (tertiary/aromatic N) is 2. The number of pyridine rings is 1. The maximum absolute atomic E-state index is 13.1. The van der Waals surface area contributed by atoms with Gasteiger partial charge >= 0.3 is 6.09 Å². The molecule has 2 aromatic rings. The highest BCUT2D eigenvalue weighted by molar-refractivity contribution is 9.10. The molecule has 0 aliphatic rings. The van der Waals surface area contributed by atoms with Gasteiger partial charge in [0, 0.05) is 53.4 Å². The third kappa shape index (κ3) is 6.63. The van der Waals surface area contributed by atoms with Gasteiger partial charge in [0.1, 0.15) is 5.60 Å². The highest BCUT2D eigenvalue weighted by atomic mass is 79.9. The summed E-state index contributed by atoms with van der Waals surface area (Å²) in [7, 11) is -3.87. The number of benzene rings is 1. The zero-order chi connectivity index (χ0) is 22.5. The lowest BCUT2D eigenvalue weighted by atomic mass is 10.2. The van der Waals surface area contributed by atoms with E-state index < -0.39 is 27.8 Å². The lowest BCUT2D eigenvalue weighted by Crippen LogP contribution is -2.46. The van der Waals surface area contributed by atoms with Gasteiger partial charge in [0.15, 0.2) is 0 Å². The van der Waals surface area contributed by atoms with Crippen LogP contribution in [0.1, 0.15) is 34.1 Å².